The number of benzene rings is 2. The highest BCUT2D eigenvalue weighted by molar-refractivity contribution is 6.30. The monoisotopic (exact) mass is 436 g/mol. The summed E-state index contributed by atoms with van der Waals surface area (Å²) in [4.78, 5) is 19.4. The van der Waals surface area contributed by atoms with Crippen LogP contribution < -0.4 is 9.47 Å². The van der Waals surface area contributed by atoms with Gasteiger partial charge in [-0.2, -0.15) is 0 Å². The van der Waals surface area contributed by atoms with Crippen molar-refractivity contribution in [3.8, 4) is 11.5 Å². The molecule has 2 aromatic carbocycles. The Morgan fingerprint density at radius 3 is 2.68 bits per heavy atom. The van der Waals surface area contributed by atoms with Crippen LogP contribution >= 0.6 is 11.6 Å². The minimum absolute atomic E-state index is 0.00145. The first-order chi connectivity index (χ1) is 15.1. The molecule has 0 radical (unpaired) electrons. The molecule has 1 aliphatic carbocycles. The Hall–Kier alpha value is -3.05. The second-order valence-corrected chi connectivity index (χ2v) is 8.02. The van der Waals surface area contributed by atoms with E-state index in [9.17, 15) is 4.79 Å². The van der Waals surface area contributed by atoms with Crippen molar-refractivity contribution in [3.05, 3.63) is 88.7 Å². The number of pyridine rings is 1. The van der Waals surface area contributed by atoms with Crippen LogP contribution in [0.15, 0.2) is 66.9 Å². The zero-order valence-corrected chi connectivity index (χ0v) is 18.2. The molecule has 1 amide bonds. The Kier molecular flexibility index (Phi) is 6.73. The van der Waals surface area contributed by atoms with E-state index in [4.69, 9.17) is 21.1 Å². The van der Waals surface area contributed by atoms with Crippen molar-refractivity contribution >= 4 is 17.5 Å². The van der Waals surface area contributed by atoms with Crippen LogP contribution in [0.4, 0.5) is 0 Å². The summed E-state index contributed by atoms with van der Waals surface area (Å²) < 4.78 is 11.5. The number of amides is 1. The third-order valence-electron chi connectivity index (χ3n) is 5.24. The number of nitrogens with zero attached hydrogens (tertiary/aromatic N) is 2. The normalized spacial score (nSPS) is 13.0. The fraction of sp³-hybridized carbons (Fsp3) is 0.280. The summed E-state index contributed by atoms with van der Waals surface area (Å²) in [6.07, 6.45) is 4.53. The highest BCUT2D eigenvalue weighted by Crippen LogP contribution is 2.33. The summed E-state index contributed by atoms with van der Waals surface area (Å²) in [6, 6.07) is 19.0. The molecular weight excluding hydrogens is 412 g/mol. The lowest BCUT2D eigenvalue weighted by atomic mass is 10.1. The molecule has 0 N–H and O–H groups in total. The average Bonchev–Trinajstić information content (AvgIpc) is 3.63. The third kappa shape index (κ3) is 5.56. The minimum atomic E-state index is -0.00145. The van der Waals surface area contributed by atoms with Crippen LogP contribution in [0.2, 0.25) is 5.02 Å². The van der Waals surface area contributed by atoms with Gasteiger partial charge in [-0.15, -0.1) is 0 Å². The first kappa shape index (κ1) is 21.2. The Bertz CT molecular complexity index is 1040. The fourth-order valence-corrected chi connectivity index (χ4v) is 3.67. The van der Waals surface area contributed by atoms with Gasteiger partial charge < -0.3 is 14.4 Å². The van der Waals surface area contributed by atoms with Crippen LogP contribution in [-0.2, 0) is 13.0 Å². The molecule has 1 fully saturated rings. The molecule has 31 heavy (non-hydrogen) atoms. The summed E-state index contributed by atoms with van der Waals surface area (Å²) >= 11 is 6.09. The van der Waals surface area contributed by atoms with Gasteiger partial charge in [0.15, 0.2) is 11.5 Å². The molecule has 0 saturated heterocycles. The molecule has 0 unspecified atom stereocenters. The van der Waals surface area contributed by atoms with Crippen LogP contribution in [0.25, 0.3) is 0 Å². The maximum absolute atomic E-state index is 13.1. The van der Waals surface area contributed by atoms with E-state index in [0.29, 0.717) is 41.7 Å². The van der Waals surface area contributed by atoms with Gasteiger partial charge in [0.25, 0.3) is 5.91 Å². The molecule has 1 aromatic heterocycles. The van der Waals surface area contributed by atoms with Gasteiger partial charge in [-0.05, 0) is 60.9 Å². The van der Waals surface area contributed by atoms with Crippen molar-refractivity contribution < 1.29 is 14.3 Å². The first-order valence-electron chi connectivity index (χ1n) is 10.4. The third-order valence-corrected chi connectivity index (χ3v) is 5.48. The molecule has 6 heteroatoms. The number of carbonyl (C=O) groups is 1. The average molecular weight is 437 g/mol. The number of halogens is 1. The minimum Gasteiger partial charge on any atom is -0.493 e. The Labute approximate surface area is 187 Å². The smallest absolute Gasteiger partial charge is 0.254 e. The molecule has 0 aliphatic heterocycles. The molecule has 3 aromatic rings. The van der Waals surface area contributed by atoms with Gasteiger partial charge in [0.05, 0.1) is 13.7 Å². The van der Waals surface area contributed by atoms with E-state index < -0.39 is 0 Å². The number of ether oxygens (including phenoxy) is 2. The molecule has 0 atom stereocenters. The highest BCUT2D eigenvalue weighted by atomic mass is 35.5. The van der Waals surface area contributed by atoms with E-state index in [2.05, 4.69) is 4.98 Å². The predicted octanol–water partition coefficient (Wildman–Crippen LogP) is 5.17. The van der Waals surface area contributed by atoms with E-state index >= 15 is 0 Å². The molecule has 4 rings (SSSR count). The molecule has 5 nitrogen and oxygen atoms in total. The second kappa shape index (κ2) is 9.84. The van der Waals surface area contributed by atoms with Gasteiger partial charge in [0.1, 0.15) is 0 Å². The molecular formula is C25H25ClN2O3. The Morgan fingerprint density at radius 2 is 1.97 bits per heavy atom. The zero-order valence-electron chi connectivity index (χ0n) is 17.5. The number of hydrogen-bond donors (Lipinski definition) is 0. The topological polar surface area (TPSA) is 51.7 Å². The van der Waals surface area contributed by atoms with Gasteiger partial charge in [-0.1, -0.05) is 29.8 Å². The van der Waals surface area contributed by atoms with E-state index in [1.165, 1.54) is 0 Å². The summed E-state index contributed by atoms with van der Waals surface area (Å²) in [6.45, 7) is 1.00. The molecule has 160 valence electrons. The van der Waals surface area contributed by atoms with Crippen molar-refractivity contribution in [1.29, 1.82) is 0 Å². The Balaban J connectivity index is 1.47. The lowest BCUT2D eigenvalue weighted by molar-refractivity contribution is 0.0729. The highest BCUT2D eigenvalue weighted by Gasteiger charge is 2.33. The van der Waals surface area contributed by atoms with Gasteiger partial charge >= 0.3 is 0 Å². The summed E-state index contributed by atoms with van der Waals surface area (Å²) in [5.41, 5.74) is 2.58. The van der Waals surface area contributed by atoms with Crippen molar-refractivity contribution in [1.82, 2.24) is 9.88 Å². The quantitative estimate of drug-likeness (QED) is 0.464. The van der Waals surface area contributed by atoms with E-state index in [0.717, 1.165) is 24.1 Å². The van der Waals surface area contributed by atoms with Crippen molar-refractivity contribution in [2.24, 2.45) is 0 Å². The summed E-state index contributed by atoms with van der Waals surface area (Å²) in [5, 5.41) is 0.564. The van der Waals surface area contributed by atoms with Gasteiger partial charge in [0, 0.05) is 41.5 Å². The maximum Gasteiger partial charge on any atom is 0.254 e. The largest absolute Gasteiger partial charge is 0.493 e. The van der Waals surface area contributed by atoms with Crippen LogP contribution in [0.3, 0.4) is 0 Å². The van der Waals surface area contributed by atoms with Crippen molar-refractivity contribution in [2.75, 3.05) is 13.7 Å². The van der Waals surface area contributed by atoms with Gasteiger partial charge in [-0.25, -0.2) is 0 Å². The standard InChI is InChI=1S/C25H25ClN2O3/c1-30-23-11-8-18(15-24(23)31-14-12-21-7-2-3-13-27-21)17-28(22-9-10-22)25(29)19-5-4-6-20(26)16-19/h2-8,11,13,15-16,22H,9-10,12,14,17H2,1H3. The van der Waals surface area contributed by atoms with E-state index in [1.54, 1.807) is 25.4 Å². The number of aromatic nitrogens is 1. The van der Waals surface area contributed by atoms with Crippen LogP contribution in [0.1, 0.15) is 34.5 Å². The molecule has 0 bridgehead atoms. The number of rotatable bonds is 9. The van der Waals surface area contributed by atoms with Crippen molar-refractivity contribution in [3.63, 3.8) is 0 Å². The van der Waals surface area contributed by atoms with Crippen LogP contribution in [-0.4, -0.2) is 35.5 Å². The fourth-order valence-electron chi connectivity index (χ4n) is 3.48. The molecule has 1 aliphatic rings. The SMILES string of the molecule is COc1ccc(CN(C(=O)c2cccc(Cl)c2)C2CC2)cc1OCCc1ccccn1. The zero-order chi connectivity index (χ0) is 21.6. The first-order valence-corrected chi connectivity index (χ1v) is 10.8. The van der Waals surface area contributed by atoms with Gasteiger partial charge in [-0.3, -0.25) is 9.78 Å². The number of hydrogen-bond acceptors (Lipinski definition) is 4. The van der Waals surface area contributed by atoms with Gasteiger partial charge in [0.2, 0.25) is 0 Å². The Morgan fingerprint density at radius 1 is 1.10 bits per heavy atom. The van der Waals surface area contributed by atoms with Crippen molar-refractivity contribution in [2.45, 2.75) is 31.8 Å². The summed E-state index contributed by atoms with van der Waals surface area (Å²) in [7, 11) is 1.62. The summed E-state index contributed by atoms with van der Waals surface area (Å²) in [5.74, 6) is 1.34. The van der Waals surface area contributed by atoms with Crippen LogP contribution in [0, 0.1) is 0 Å². The molecule has 1 saturated carbocycles. The molecule has 0 spiro atoms. The lowest BCUT2D eigenvalue weighted by Gasteiger charge is -2.23. The maximum atomic E-state index is 13.1. The number of methoxy groups -OCH3 is 1. The molecule has 1 heterocycles. The van der Waals surface area contributed by atoms with E-state index in [-0.39, 0.29) is 11.9 Å². The predicted molar refractivity (Wildman–Crippen MR) is 121 cm³/mol. The van der Waals surface area contributed by atoms with E-state index in [1.807, 2.05) is 53.4 Å². The lowest BCUT2D eigenvalue weighted by Crippen LogP contribution is -2.32. The second-order valence-electron chi connectivity index (χ2n) is 7.58. The van der Waals surface area contributed by atoms with Crippen LogP contribution in [0.5, 0.6) is 11.5 Å². The number of carbonyl (C=O) groups excluding carboxylic acids is 1.